The first-order chi connectivity index (χ1) is 9.52. The van der Waals surface area contributed by atoms with Crippen LogP contribution in [0.15, 0.2) is 30.5 Å². The van der Waals surface area contributed by atoms with Gasteiger partial charge in [-0.3, -0.25) is 9.48 Å². The molecule has 6 heteroatoms. The molecule has 20 heavy (non-hydrogen) atoms. The summed E-state index contributed by atoms with van der Waals surface area (Å²) in [6, 6.07) is 7.47. The number of aryl methyl sites for hydroxylation is 1. The van der Waals surface area contributed by atoms with Crippen molar-refractivity contribution < 1.29 is 4.79 Å². The lowest BCUT2D eigenvalue weighted by atomic mass is 10.2. The van der Waals surface area contributed by atoms with E-state index in [0.717, 1.165) is 5.56 Å². The van der Waals surface area contributed by atoms with Gasteiger partial charge < -0.3 is 10.6 Å². The molecule has 2 N–H and O–H groups in total. The van der Waals surface area contributed by atoms with Gasteiger partial charge >= 0.3 is 0 Å². The minimum atomic E-state index is -0.189. The Bertz CT molecular complexity index is 623. The monoisotopic (exact) mass is 292 g/mol. The highest BCUT2D eigenvalue weighted by molar-refractivity contribution is 6.31. The quantitative estimate of drug-likeness (QED) is 0.940. The molecule has 0 unspecified atom stereocenters. The van der Waals surface area contributed by atoms with Crippen LogP contribution in [-0.4, -0.2) is 27.1 Å². The van der Waals surface area contributed by atoms with Crippen LogP contribution in [0, 0.1) is 0 Å². The minimum Gasteiger partial charge on any atom is -0.396 e. The Kier molecular flexibility index (Phi) is 4.29. The van der Waals surface area contributed by atoms with Gasteiger partial charge in [0.25, 0.3) is 5.91 Å². The summed E-state index contributed by atoms with van der Waals surface area (Å²) < 4.78 is 1.53. The zero-order valence-corrected chi connectivity index (χ0v) is 12.3. The van der Waals surface area contributed by atoms with E-state index in [0.29, 0.717) is 23.8 Å². The van der Waals surface area contributed by atoms with Crippen molar-refractivity contribution in [3.05, 3.63) is 46.7 Å². The predicted octanol–water partition coefficient (Wildman–Crippen LogP) is 2.32. The fraction of sp³-hybridized carbons (Fsp3) is 0.286. The summed E-state index contributed by atoms with van der Waals surface area (Å²) in [4.78, 5) is 14.1. The van der Waals surface area contributed by atoms with Crippen molar-refractivity contribution in [1.29, 1.82) is 0 Å². The summed E-state index contributed by atoms with van der Waals surface area (Å²) >= 11 is 6.13. The Morgan fingerprint density at radius 2 is 2.15 bits per heavy atom. The van der Waals surface area contributed by atoms with Gasteiger partial charge in [0.15, 0.2) is 5.69 Å². The highest BCUT2D eigenvalue weighted by atomic mass is 35.5. The molecule has 106 valence electrons. The Morgan fingerprint density at radius 3 is 2.70 bits per heavy atom. The lowest BCUT2D eigenvalue weighted by molar-refractivity contribution is 0.0747. The van der Waals surface area contributed by atoms with Crippen LogP contribution < -0.4 is 5.73 Å². The number of benzene rings is 1. The number of halogens is 1. The molecule has 0 saturated carbocycles. The molecule has 0 fully saturated rings. The molecule has 1 heterocycles. The number of carbonyl (C=O) groups is 1. The normalized spacial score (nSPS) is 10.6. The van der Waals surface area contributed by atoms with E-state index in [1.807, 2.05) is 31.2 Å². The number of anilines is 1. The van der Waals surface area contributed by atoms with Gasteiger partial charge in [0.2, 0.25) is 0 Å². The second-order valence-electron chi connectivity index (χ2n) is 4.52. The van der Waals surface area contributed by atoms with Crippen molar-refractivity contribution in [1.82, 2.24) is 14.7 Å². The molecule has 0 spiro atoms. The molecule has 0 atom stereocenters. The smallest absolute Gasteiger partial charge is 0.276 e. The fourth-order valence-electron chi connectivity index (χ4n) is 1.98. The molecular formula is C14H17ClN4O. The maximum atomic E-state index is 12.5. The van der Waals surface area contributed by atoms with Gasteiger partial charge in [0.05, 0.1) is 5.69 Å². The third-order valence-electron chi connectivity index (χ3n) is 3.05. The molecule has 0 bridgehead atoms. The highest BCUT2D eigenvalue weighted by Crippen LogP contribution is 2.19. The van der Waals surface area contributed by atoms with Crippen LogP contribution in [0.5, 0.6) is 0 Å². The summed E-state index contributed by atoms with van der Waals surface area (Å²) in [5.41, 5.74) is 7.37. The van der Waals surface area contributed by atoms with Gasteiger partial charge in [-0.05, 0) is 18.6 Å². The van der Waals surface area contributed by atoms with E-state index in [2.05, 4.69) is 5.10 Å². The lowest BCUT2D eigenvalue weighted by Gasteiger charge is -2.20. The molecule has 0 aliphatic rings. The maximum Gasteiger partial charge on any atom is 0.276 e. The SMILES string of the molecule is CCN(Cc1ccccc1Cl)C(=O)c1nn(C)cc1N. The largest absolute Gasteiger partial charge is 0.396 e. The Labute approximate surface area is 122 Å². The van der Waals surface area contributed by atoms with E-state index < -0.39 is 0 Å². The van der Waals surface area contributed by atoms with Crippen LogP contribution >= 0.6 is 11.6 Å². The van der Waals surface area contributed by atoms with E-state index in [4.69, 9.17) is 17.3 Å². The molecule has 1 amide bonds. The number of rotatable bonds is 4. The molecule has 0 saturated heterocycles. The van der Waals surface area contributed by atoms with Crippen LogP contribution in [0.25, 0.3) is 0 Å². The van der Waals surface area contributed by atoms with E-state index in [-0.39, 0.29) is 11.6 Å². The number of nitrogens with two attached hydrogens (primary N) is 1. The number of aromatic nitrogens is 2. The summed E-state index contributed by atoms with van der Waals surface area (Å²) in [7, 11) is 1.73. The number of nitrogens with zero attached hydrogens (tertiary/aromatic N) is 3. The van der Waals surface area contributed by atoms with Gasteiger partial charge in [-0.25, -0.2) is 0 Å². The van der Waals surface area contributed by atoms with Crippen LogP contribution in [-0.2, 0) is 13.6 Å². The molecule has 1 aromatic heterocycles. The van der Waals surface area contributed by atoms with Crippen LogP contribution in [0.3, 0.4) is 0 Å². The van der Waals surface area contributed by atoms with Crippen LogP contribution in [0.1, 0.15) is 23.0 Å². The van der Waals surface area contributed by atoms with Crippen molar-refractivity contribution >= 4 is 23.2 Å². The molecule has 0 aliphatic heterocycles. The van der Waals surface area contributed by atoms with Crippen LogP contribution in [0.2, 0.25) is 5.02 Å². The fourth-order valence-corrected chi connectivity index (χ4v) is 2.18. The standard InChI is InChI=1S/C14H17ClN4O/c1-3-19(8-10-6-4-5-7-11(10)15)14(20)13-12(16)9-18(2)17-13/h4-7,9H,3,8,16H2,1-2H3. The van der Waals surface area contributed by atoms with Gasteiger partial charge in [-0.2, -0.15) is 5.10 Å². The first kappa shape index (κ1) is 14.4. The average Bonchev–Trinajstić information content (AvgIpc) is 2.76. The Morgan fingerprint density at radius 1 is 1.45 bits per heavy atom. The second-order valence-corrected chi connectivity index (χ2v) is 4.92. The third kappa shape index (κ3) is 2.93. The first-order valence-electron chi connectivity index (χ1n) is 6.34. The molecular weight excluding hydrogens is 276 g/mol. The molecule has 1 aromatic carbocycles. The van der Waals surface area contributed by atoms with E-state index in [9.17, 15) is 4.79 Å². The molecule has 5 nitrogen and oxygen atoms in total. The number of hydrogen-bond donors (Lipinski definition) is 1. The van der Waals surface area contributed by atoms with E-state index in [1.165, 1.54) is 4.68 Å². The maximum absolute atomic E-state index is 12.5. The summed E-state index contributed by atoms with van der Waals surface area (Å²) in [5.74, 6) is -0.189. The number of nitrogen functional groups attached to an aromatic ring is 1. The Hall–Kier alpha value is -2.01. The number of carbonyl (C=O) groups excluding carboxylic acids is 1. The Balaban J connectivity index is 2.22. The van der Waals surface area contributed by atoms with Crippen LogP contribution in [0.4, 0.5) is 5.69 Å². The van der Waals surface area contributed by atoms with Crippen molar-refractivity contribution in [2.75, 3.05) is 12.3 Å². The second kappa shape index (κ2) is 5.96. The van der Waals surface area contributed by atoms with Gasteiger partial charge in [-0.15, -0.1) is 0 Å². The predicted molar refractivity (Wildman–Crippen MR) is 79.5 cm³/mol. The average molecular weight is 293 g/mol. The molecule has 0 aliphatic carbocycles. The third-order valence-corrected chi connectivity index (χ3v) is 3.42. The highest BCUT2D eigenvalue weighted by Gasteiger charge is 2.20. The van der Waals surface area contributed by atoms with Crippen molar-refractivity contribution in [3.8, 4) is 0 Å². The van der Waals surface area contributed by atoms with Gasteiger partial charge in [-0.1, -0.05) is 29.8 Å². The first-order valence-corrected chi connectivity index (χ1v) is 6.72. The lowest BCUT2D eigenvalue weighted by Crippen LogP contribution is -2.31. The zero-order chi connectivity index (χ0) is 14.7. The molecule has 2 rings (SSSR count). The van der Waals surface area contributed by atoms with Gasteiger partial charge in [0, 0.05) is 31.4 Å². The van der Waals surface area contributed by atoms with Crippen molar-refractivity contribution in [2.45, 2.75) is 13.5 Å². The topological polar surface area (TPSA) is 64.2 Å². The minimum absolute atomic E-state index is 0.189. The van der Waals surface area contributed by atoms with Crippen molar-refractivity contribution in [3.63, 3.8) is 0 Å². The van der Waals surface area contributed by atoms with E-state index in [1.54, 1.807) is 18.1 Å². The van der Waals surface area contributed by atoms with Crippen molar-refractivity contribution in [2.24, 2.45) is 7.05 Å². The zero-order valence-electron chi connectivity index (χ0n) is 11.5. The summed E-state index contributed by atoms with van der Waals surface area (Å²) in [5, 5.41) is 4.76. The summed E-state index contributed by atoms with van der Waals surface area (Å²) in [6.45, 7) is 2.90. The van der Waals surface area contributed by atoms with E-state index >= 15 is 0 Å². The number of hydrogen-bond acceptors (Lipinski definition) is 3. The molecule has 0 radical (unpaired) electrons. The molecule has 2 aromatic rings. The van der Waals surface area contributed by atoms with Gasteiger partial charge in [0.1, 0.15) is 0 Å². The number of amides is 1. The summed E-state index contributed by atoms with van der Waals surface area (Å²) in [6.07, 6.45) is 1.62.